The Kier molecular flexibility index (Phi) is 6.33. The highest BCUT2D eigenvalue weighted by Crippen LogP contribution is 2.22. The van der Waals surface area contributed by atoms with Gasteiger partial charge >= 0.3 is 0 Å². The molecule has 0 saturated heterocycles. The van der Waals surface area contributed by atoms with Crippen molar-refractivity contribution in [3.63, 3.8) is 0 Å². The van der Waals surface area contributed by atoms with Crippen LogP contribution in [-0.4, -0.2) is 34.4 Å². The summed E-state index contributed by atoms with van der Waals surface area (Å²) in [7, 11) is 1.53. The van der Waals surface area contributed by atoms with Crippen LogP contribution in [0.2, 0.25) is 5.02 Å². The van der Waals surface area contributed by atoms with E-state index < -0.39 is 5.91 Å². The fourth-order valence-corrected chi connectivity index (χ4v) is 3.29. The molecule has 3 rings (SSSR count). The highest BCUT2D eigenvalue weighted by atomic mass is 35.5. The summed E-state index contributed by atoms with van der Waals surface area (Å²) in [6.07, 6.45) is 2.42. The summed E-state index contributed by atoms with van der Waals surface area (Å²) in [6, 6.07) is 10.3. The van der Waals surface area contributed by atoms with Crippen LogP contribution in [0.4, 0.5) is 5.13 Å². The molecule has 2 aromatic heterocycles. The molecule has 7 nitrogen and oxygen atoms in total. The number of aromatic nitrogens is 3. The lowest BCUT2D eigenvalue weighted by Crippen LogP contribution is -2.27. The number of hydrogen-bond acceptors (Lipinski definition) is 6. The van der Waals surface area contributed by atoms with Gasteiger partial charge in [0.05, 0.1) is 13.2 Å². The van der Waals surface area contributed by atoms with Gasteiger partial charge in [-0.25, -0.2) is 9.67 Å². The fraction of sp³-hybridized carbons (Fsp3) is 0.222. The van der Waals surface area contributed by atoms with Crippen molar-refractivity contribution in [2.45, 2.75) is 13.0 Å². The van der Waals surface area contributed by atoms with Crippen molar-refractivity contribution in [2.75, 3.05) is 19.0 Å². The molecule has 27 heavy (non-hydrogen) atoms. The van der Waals surface area contributed by atoms with Crippen LogP contribution in [0.25, 0.3) is 0 Å². The number of amides is 1. The molecule has 1 aromatic carbocycles. The second-order valence-corrected chi connectivity index (χ2v) is 7.21. The van der Waals surface area contributed by atoms with Crippen molar-refractivity contribution in [2.24, 2.45) is 0 Å². The number of carbonyl (C=O) groups excluding carboxylic acids is 1. The molecule has 1 N–H and O–H groups in total. The summed E-state index contributed by atoms with van der Waals surface area (Å²) in [4.78, 5) is 29.4. The first kappa shape index (κ1) is 19.2. The van der Waals surface area contributed by atoms with E-state index in [0.29, 0.717) is 23.2 Å². The minimum atomic E-state index is -0.423. The lowest BCUT2D eigenvalue weighted by molar-refractivity contribution is 0.101. The Bertz CT molecular complexity index is 985. The third kappa shape index (κ3) is 5.22. The highest BCUT2D eigenvalue weighted by molar-refractivity contribution is 7.15. The van der Waals surface area contributed by atoms with Gasteiger partial charge in [0, 0.05) is 35.7 Å². The van der Waals surface area contributed by atoms with E-state index in [1.807, 2.05) is 24.3 Å². The number of rotatable bonds is 7. The van der Waals surface area contributed by atoms with Crippen LogP contribution in [0.5, 0.6) is 0 Å². The average molecular weight is 405 g/mol. The zero-order valence-corrected chi connectivity index (χ0v) is 16.1. The molecular formula is C18H17ClN4O3S. The van der Waals surface area contributed by atoms with Gasteiger partial charge in [0.1, 0.15) is 5.69 Å². The van der Waals surface area contributed by atoms with E-state index >= 15 is 0 Å². The number of ether oxygens (including phenoxy) is 1. The van der Waals surface area contributed by atoms with Crippen molar-refractivity contribution >= 4 is 34.0 Å². The maximum absolute atomic E-state index is 12.4. The first-order valence-corrected chi connectivity index (χ1v) is 9.32. The summed E-state index contributed by atoms with van der Waals surface area (Å²) in [5.74, 6) is -0.423. The van der Waals surface area contributed by atoms with Gasteiger partial charge in [-0.2, -0.15) is 5.10 Å². The number of thiazole rings is 1. The lowest BCUT2D eigenvalue weighted by Gasteiger charge is -2.06. The monoisotopic (exact) mass is 404 g/mol. The molecule has 0 saturated carbocycles. The molecule has 3 aromatic rings. The number of nitrogens with zero attached hydrogens (tertiary/aromatic N) is 3. The van der Waals surface area contributed by atoms with E-state index in [2.05, 4.69) is 15.4 Å². The topological polar surface area (TPSA) is 86.1 Å². The summed E-state index contributed by atoms with van der Waals surface area (Å²) >= 11 is 7.28. The van der Waals surface area contributed by atoms with Crippen molar-refractivity contribution in [3.05, 3.63) is 74.1 Å². The SMILES string of the molecule is COCCn1nc(C(=O)Nc2ncc(Cc3ccc(Cl)cc3)s2)ccc1=O. The van der Waals surface area contributed by atoms with Crippen LogP contribution in [0.15, 0.2) is 47.4 Å². The number of carbonyl (C=O) groups is 1. The Morgan fingerprint density at radius 2 is 2.04 bits per heavy atom. The summed E-state index contributed by atoms with van der Waals surface area (Å²) in [5, 5.41) is 7.94. The highest BCUT2D eigenvalue weighted by Gasteiger charge is 2.12. The number of hydrogen-bond donors (Lipinski definition) is 1. The predicted molar refractivity (Wildman–Crippen MR) is 105 cm³/mol. The average Bonchev–Trinajstić information content (AvgIpc) is 3.09. The minimum Gasteiger partial charge on any atom is -0.383 e. The van der Waals surface area contributed by atoms with Gasteiger partial charge in [0.2, 0.25) is 0 Å². The van der Waals surface area contributed by atoms with E-state index in [4.69, 9.17) is 16.3 Å². The molecule has 2 heterocycles. The molecule has 9 heteroatoms. The Labute approximate surface area is 164 Å². The van der Waals surface area contributed by atoms with Crippen LogP contribution in [0.1, 0.15) is 20.9 Å². The van der Waals surface area contributed by atoms with E-state index in [-0.39, 0.29) is 17.8 Å². The molecule has 0 atom stereocenters. The van der Waals surface area contributed by atoms with Gasteiger partial charge in [0.15, 0.2) is 5.13 Å². The van der Waals surface area contributed by atoms with Gasteiger partial charge in [-0.1, -0.05) is 23.7 Å². The van der Waals surface area contributed by atoms with Crippen molar-refractivity contribution in [3.8, 4) is 0 Å². The first-order chi connectivity index (χ1) is 13.0. The Balaban J connectivity index is 1.67. The molecule has 0 radical (unpaired) electrons. The van der Waals surface area contributed by atoms with Crippen molar-refractivity contribution in [1.29, 1.82) is 0 Å². The molecule has 0 bridgehead atoms. The predicted octanol–water partition coefficient (Wildman–Crippen LogP) is 2.84. The molecule has 0 aliphatic carbocycles. The van der Waals surface area contributed by atoms with Gasteiger partial charge in [-0.3, -0.25) is 14.9 Å². The van der Waals surface area contributed by atoms with E-state index in [1.165, 1.54) is 35.3 Å². The summed E-state index contributed by atoms with van der Waals surface area (Å²) < 4.78 is 6.14. The third-order valence-electron chi connectivity index (χ3n) is 3.67. The molecule has 0 aliphatic heterocycles. The summed E-state index contributed by atoms with van der Waals surface area (Å²) in [5.41, 5.74) is 0.955. The number of anilines is 1. The fourth-order valence-electron chi connectivity index (χ4n) is 2.32. The standard InChI is InChI=1S/C18H17ClN4O3S/c1-26-9-8-23-16(24)7-6-15(22-23)17(25)21-18-20-11-14(27-18)10-12-2-4-13(19)5-3-12/h2-7,11H,8-10H2,1H3,(H,20,21,25). The van der Waals surface area contributed by atoms with Gasteiger partial charge < -0.3 is 4.74 Å². The number of nitrogens with one attached hydrogen (secondary N) is 1. The Morgan fingerprint density at radius 1 is 1.26 bits per heavy atom. The third-order valence-corrected chi connectivity index (χ3v) is 4.84. The van der Waals surface area contributed by atoms with Crippen LogP contribution < -0.4 is 10.9 Å². The molecular weight excluding hydrogens is 388 g/mol. The second kappa shape index (κ2) is 8.90. The van der Waals surface area contributed by atoms with Gasteiger partial charge in [-0.05, 0) is 23.8 Å². The maximum atomic E-state index is 12.4. The molecule has 0 unspecified atom stereocenters. The number of halogens is 1. The molecule has 0 fully saturated rings. The zero-order valence-electron chi connectivity index (χ0n) is 14.5. The van der Waals surface area contributed by atoms with E-state index in [0.717, 1.165) is 10.4 Å². The Morgan fingerprint density at radius 3 is 2.78 bits per heavy atom. The normalized spacial score (nSPS) is 10.7. The molecule has 0 spiro atoms. The smallest absolute Gasteiger partial charge is 0.277 e. The molecule has 1 amide bonds. The lowest BCUT2D eigenvalue weighted by atomic mass is 10.1. The quantitative estimate of drug-likeness (QED) is 0.654. The van der Waals surface area contributed by atoms with Crippen LogP contribution in [0, 0.1) is 0 Å². The van der Waals surface area contributed by atoms with E-state index in [9.17, 15) is 9.59 Å². The Hall–Kier alpha value is -2.55. The first-order valence-electron chi connectivity index (χ1n) is 8.13. The van der Waals surface area contributed by atoms with Gasteiger partial charge in [0.25, 0.3) is 11.5 Å². The molecule has 0 aliphatic rings. The van der Waals surface area contributed by atoms with Crippen molar-refractivity contribution in [1.82, 2.24) is 14.8 Å². The summed E-state index contributed by atoms with van der Waals surface area (Å²) in [6.45, 7) is 0.609. The van der Waals surface area contributed by atoms with E-state index in [1.54, 1.807) is 6.20 Å². The minimum absolute atomic E-state index is 0.139. The maximum Gasteiger partial charge on any atom is 0.277 e. The zero-order chi connectivity index (χ0) is 19.2. The van der Waals surface area contributed by atoms with Crippen molar-refractivity contribution < 1.29 is 9.53 Å². The van der Waals surface area contributed by atoms with Crippen LogP contribution >= 0.6 is 22.9 Å². The largest absolute Gasteiger partial charge is 0.383 e. The number of benzene rings is 1. The molecule has 140 valence electrons. The van der Waals surface area contributed by atoms with Crippen LogP contribution in [-0.2, 0) is 17.7 Å². The second-order valence-electron chi connectivity index (χ2n) is 5.66. The van der Waals surface area contributed by atoms with Crippen LogP contribution in [0.3, 0.4) is 0 Å². The number of methoxy groups -OCH3 is 1. The van der Waals surface area contributed by atoms with Gasteiger partial charge in [-0.15, -0.1) is 11.3 Å².